The van der Waals surface area contributed by atoms with Gasteiger partial charge in [-0.1, -0.05) is 0 Å². The van der Waals surface area contributed by atoms with E-state index in [4.69, 9.17) is 4.74 Å². The maximum atomic E-state index is 12.2. The highest BCUT2D eigenvalue weighted by Crippen LogP contribution is 2.29. The van der Waals surface area contributed by atoms with Crippen molar-refractivity contribution >= 4 is 28.7 Å². The lowest BCUT2D eigenvalue weighted by Gasteiger charge is -2.09. The Hall–Kier alpha value is -4.46. The molecule has 2 rings (SSSR count). The molecule has 0 heterocycles. The number of nitriles is 1. The molecule has 1 amide bonds. The molecular weight excluding hydrogens is 370 g/mol. The number of nitrogens with one attached hydrogen (secondary N) is 2. The van der Waals surface area contributed by atoms with Crippen molar-refractivity contribution < 1.29 is 19.4 Å². The Bertz CT molecular complexity index is 994. The van der Waals surface area contributed by atoms with E-state index >= 15 is 0 Å². The van der Waals surface area contributed by atoms with Crippen LogP contribution in [0.1, 0.15) is 0 Å². The van der Waals surface area contributed by atoms with E-state index in [9.17, 15) is 30.3 Å². The zero-order valence-corrected chi connectivity index (χ0v) is 14.4. The summed E-state index contributed by atoms with van der Waals surface area (Å²) in [6, 6.07) is 10.6. The minimum absolute atomic E-state index is 0.145. The molecule has 2 aromatic rings. The Kier molecular flexibility index (Phi) is 6.22. The van der Waals surface area contributed by atoms with Gasteiger partial charge in [-0.3, -0.25) is 25.0 Å². The van der Waals surface area contributed by atoms with E-state index in [2.05, 4.69) is 10.6 Å². The fourth-order valence-electron chi connectivity index (χ4n) is 2.09. The van der Waals surface area contributed by atoms with Gasteiger partial charge in [0.1, 0.15) is 17.4 Å². The summed E-state index contributed by atoms with van der Waals surface area (Å²) in [5.41, 5.74) is -0.233. The average molecular weight is 383 g/mol. The third-order valence-electron chi connectivity index (χ3n) is 3.47. The summed E-state index contributed by atoms with van der Waals surface area (Å²) in [5.74, 6) is -0.497. The molecule has 11 nitrogen and oxygen atoms in total. The van der Waals surface area contributed by atoms with Gasteiger partial charge in [0.25, 0.3) is 17.3 Å². The lowest BCUT2D eigenvalue weighted by Crippen LogP contribution is -2.14. The van der Waals surface area contributed by atoms with Crippen LogP contribution >= 0.6 is 0 Å². The lowest BCUT2D eigenvalue weighted by atomic mass is 10.2. The highest BCUT2D eigenvalue weighted by atomic mass is 16.6. The number of non-ortho nitro benzene ring substituents is 2. The third kappa shape index (κ3) is 4.79. The number of nitro groups is 2. The fraction of sp³-hybridized carbons (Fsp3) is 0.0588. The molecule has 28 heavy (non-hydrogen) atoms. The van der Waals surface area contributed by atoms with Crippen LogP contribution in [-0.2, 0) is 4.79 Å². The monoisotopic (exact) mass is 383 g/mol. The highest BCUT2D eigenvalue weighted by molar-refractivity contribution is 6.06. The summed E-state index contributed by atoms with van der Waals surface area (Å²) < 4.78 is 5.08. The summed E-state index contributed by atoms with van der Waals surface area (Å²) in [7, 11) is 1.36. The third-order valence-corrected chi connectivity index (χ3v) is 3.47. The van der Waals surface area contributed by atoms with E-state index < -0.39 is 15.8 Å². The maximum Gasteiger partial charge on any atom is 0.271 e. The predicted molar refractivity (Wildman–Crippen MR) is 98.7 cm³/mol. The second-order valence-electron chi connectivity index (χ2n) is 5.21. The second kappa shape index (κ2) is 8.77. The summed E-state index contributed by atoms with van der Waals surface area (Å²) >= 11 is 0. The number of anilines is 2. The van der Waals surface area contributed by atoms with Crippen molar-refractivity contribution in [2.75, 3.05) is 17.7 Å². The first-order chi connectivity index (χ1) is 13.3. The summed E-state index contributed by atoms with van der Waals surface area (Å²) in [4.78, 5) is 32.5. The van der Waals surface area contributed by atoms with Gasteiger partial charge in [-0.25, -0.2) is 0 Å². The van der Waals surface area contributed by atoms with E-state index in [-0.39, 0.29) is 34.1 Å². The maximum absolute atomic E-state index is 12.2. The number of carbonyl (C=O) groups is 1. The van der Waals surface area contributed by atoms with Gasteiger partial charge in [-0.05, 0) is 18.2 Å². The van der Waals surface area contributed by atoms with Gasteiger partial charge in [0.05, 0.1) is 22.6 Å². The van der Waals surface area contributed by atoms with Crippen LogP contribution in [0.5, 0.6) is 5.75 Å². The van der Waals surface area contributed by atoms with Crippen molar-refractivity contribution in [3.63, 3.8) is 0 Å². The number of nitro benzene ring substituents is 2. The topological polar surface area (TPSA) is 160 Å². The molecule has 142 valence electrons. The van der Waals surface area contributed by atoms with Gasteiger partial charge < -0.3 is 15.4 Å². The van der Waals surface area contributed by atoms with Crippen molar-refractivity contribution in [1.29, 1.82) is 5.26 Å². The predicted octanol–water partition coefficient (Wildman–Crippen LogP) is 2.97. The van der Waals surface area contributed by atoms with Crippen LogP contribution in [0.2, 0.25) is 0 Å². The summed E-state index contributed by atoms with van der Waals surface area (Å²) in [6.45, 7) is 0. The zero-order chi connectivity index (χ0) is 20.7. The number of rotatable bonds is 7. The molecule has 0 spiro atoms. The molecule has 0 radical (unpaired) electrons. The van der Waals surface area contributed by atoms with Gasteiger partial charge in [-0.2, -0.15) is 5.26 Å². The molecular formula is C17H13N5O6. The number of benzene rings is 2. The summed E-state index contributed by atoms with van der Waals surface area (Å²) in [6.07, 6.45) is 1.07. The number of amides is 1. The molecule has 0 unspecified atom stereocenters. The van der Waals surface area contributed by atoms with E-state index in [0.29, 0.717) is 0 Å². The molecule has 0 aliphatic heterocycles. The number of methoxy groups -OCH3 is 1. The summed E-state index contributed by atoms with van der Waals surface area (Å²) in [5, 5.41) is 35.8. The van der Waals surface area contributed by atoms with Gasteiger partial charge in [0, 0.05) is 36.2 Å². The van der Waals surface area contributed by atoms with Crippen molar-refractivity contribution in [3.05, 3.63) is 74.5 Å². The van der Waals surface area contributed by atoms with Gasteiger partial charge in [0.15, 0.2) is 0 Å². The Morgan fingerprint density at radius 2 is 1.71 bits per heavy atom. The standard InChI is InChI=1S/C17H13N5O6/c1-28-16-7-6-14(22(26)27)8-15(16)19-10-11(9-18)17(23)20-12-2-4-13(5-3-12)21(24)25/h2-8,10,19H,1H3,(H,20,23)/b11-10-. The Morgan fingerprint density at radius 3 is 2.25 bits per heavy atom. The number of ether oxygens (including phenoxy) is 1. The Morgan fingerprint density at radius 1 is 1.11 bits per heavy atom. The second-order valence-corrected chi connectivity index (χ2v) is 5.21. The van der Waals surface area contributed by atoms with Crippen LogP contribution in [-0.4, -0.2) is 22.9 Å². The van der Waals surface area contributed by atoms with Crippen molar-refractivity contribution in [2.45, 2.75) is 0 Å². The van der Waals surface area contributed by atoms with Gasteiger partial charge >= 0.3 is 0 Å². The number of hydrogen-bond donors (Lipinski definition) is 2. The van der Waals surface area contributed by atoms with Crippen LogP contribution in [0.25, 0.3) is 0 Å². The van der Waals surface area contributed by atoms with Crippen LogP contribution in [0.15, 0.2) is 54.2 Å². The van der Waals surface area contributed by atoms with Crippen molar-refractivity contribution in [2.24, 2.45) is 0 Å². The highest BCUT2D eigenvalue weighted by Gasteiger charge is 2.13. The molecule has 0 aromatic heterocycles. The van der Waals surface area contributed by atoms with Gasteiger partial charge in [-0.15, -0.1) is 0 Å². The molecule has 0 atom stereocenters. The average Bonchev–Trinajstić information content (AvgIpc) is 2.68. The first-order valence-corrected chi connectivity index (χ1v) is 7.60. The molecule has 11 heteroatoms. The van der Waals surface area contributed by atoms with Gasteiger partial charge in [0.2, 0.25) is 0 Å². The molecule has 0 aliphatic carbocycles. The van der Waals surface area contributed by atoms with E-state index in [1.165, 1.54) is 49.6 Å². The molecule has 0 fully saturated rings. The largest absolute Gasteiger partial charge is 0.495 e. The number of hydrogen-bond acceptors (Lipinski definition) is 8. The molecule has 0 saturated carbocycles. The fourth-order valence-corrected chi connectivity index (χ4v) is 2.09. The smallest absolute Gasteiger partial charge is 0.271 e. The van der Waals surface area contributed by atoms with Crippen molar-refractivity contribution in [1.82, 2.24) is 0 Å². The van der Waals surface area contributed by atoms with Crippen LogP contribution in [0.3, 0.4) is 0 Å². The zero-order valence-electron chi connectivity index (χ0n) is 14.4. The normalized spacial score (nSPS) is 10.5. The molecule has 0 aliphatic rings. The number of carbonyl (C=O) groups excluding carboxylic acids is 1. The quantitative estimate of drug-likeness (QED) is 0.319. The van der Waals surface area contributed by atoms with Crippen LogP contribution in [0, 0.1) is 31.6 Å². The van der Waals surface area contributed by atoms with Crippen molar-refractivity contribution in [3.8, 4) is 11.8 Å². The molecule has 0 bridgehead atoms. The minimum Gasteiger partial charge on any atom is -0.495 e. The minimum atomic E-state index is -0.770. The first kappa shape index (κ1) is 19.9. The van der Waals surface area contributed by atoms with Crippen LogP contribution in [0.4, 0.5) is 22.7 Å². The van der Waals surface area contributed by atoms with E-state index in [0.717, 1.165) is 6.20 Å². The Balaban J connectivity index is 2.18. The molecule has 2 N–H and O–H groups in total. The molecule has 0 saturated heterocycles. The Labute approximate surface area is 158 Å². The van der Waals surface area contributed by atoms with E-state index in [1.807, 2.05) is 0 Å². The SMILES string of the molecule is COc1ccc([N+](=O)[O-])cc1N/C=C(/C#N)C(=O)Nc1ccc([N+](=O)[O-])cc1. The molecule has 2 aromatic carbocycles. The number of nitrogens with zero attached hydrogens (tertiary/aromatic N) is 3. The lowest BCUT2D eigenvalue weighted by molar-refractivity contribution is -0.385. The first-order valence-electron chi connectivity index (χ1n) is 7.60. The van der Waals surface area contributed by atoms with E-state index in [1.54, 1.807) is 6.07 Å². The van der Waals surface area contributed by atoms with Crippen LogP contribution < -0.4 is 15.4 Å².